The van der Waals surface area contributed by atoms with Crippen LogP contribution in [-0.2, 0) is 6.18 Å². The number of nitrogen functional groups attached to an aromatic ring is 1. The first-order chi connectivity index (χ1) is 9.88. The van der Waals surface area contributed by atoms with Gasteiger partial charge in [-0.15, -0.1) is 0 Å². The van der Waals surface area contributed by atoms with Crippen molar-refractivity contribution in [3.8, 4) is 0 Å². The van der Waals surface area contributed by atoms with Crippen molar-refractivity contribution in [2.45, 2.75) is 25.9 Å². The quantitative estimate of drug-likeness (QED) is 0.649. The molecular weight excluding hydrogens is 283 g/mol. The van der Waals surface area contributed by atoms with Gasteiger partial charge < -0.3 is 10.3 Å². The van der Waals surface area contributed by atoms with Crippen molar-refractivity contribution < 1.29 is 18.0 Å². The van der Waals surface area contributed by atoms with Crippen molar-refractivity contribution >= 4 is 11.6 Å². The SMILES string of the molecule is CCN(CC1CC1)C(=O)c1cccc(C(F)(F)F)c1NN. The summed E-state index contributed by atoms with van der Waals surface area (Å²) in [6, 6.07) is 3.49. The highest BCUT2D eigenvalue weighted by molar-refractivity contribution is 6.00. The summed E-state index contributed by atoms with van der Waals surface area (Å²) in [5.41, 5.74) is 0.682. The molecule has 0 aliphatic heterocycles. The molecule has 0 saturated heterocycles. The Morgan fingerprint density at radius 1 is 1.43 bits per heavy atom. The number of hydrogen-bond donors (Lipinski definition) is 2. The van der Waals surface area contributed by atoms with Crippen LogP contribution in [0.2, 0.25) is 0 Å². The number of amides is 1. The van der Waals surface area contributed by atoms with Gasteiger partial charge in [-0.3, -0.25) is 10.6 Å². The highest BCUT2D eigenvalue weighted by atomic mass is 19.4. The summed E-state index contributed by atoms with van der Waals surface area (Å²) >= 11 is 0. The second-order valence-corrected chi connectivity index (χ2v) is 5.16. The summed E-state index contributed by atoms with van der Waals surface area (Å²) in [5.74, 6) is 5.26. The number of hydrazine groups is 1. The van der Waals surface area contributed by atoms with Crippen LogP contribution in [0.3, 0.4) is 0 Å². The summed E-state index contributed by atoms with van der Waals surface area (Å²) in [6.45, 7) is 2.84. The van der Waals surface area contributed by atoms with E-state index >= 15 is 0 Å². The Hall–Kier alpha value is -1.76. The third-order valence-corrected chi connectivity index (χ3v) is 3.59. The minimum atomic E-state index is -4.56. The summed E-state index contributed by atoms with van der Waals surface area (Å²) in [6.07, 6.45) is -2.44. The zero-order valence-electron chi connectivity index (χ0n) is 11.7. The standard InChI is InChI=1S/C14H18F3N3O/c1-2-20(8-9-6-7-9)13(21)10-4-3-5-11(12(10)19-18)14(15,16)17/h3-5,9,19H,2,6-8,18H2,1H3. The monoisotopic (exact) mass is 301 g/mol. The minimum Gasteiger partial charge on any atom is -0.339 e. The Balaban J connectivity index is 2.35. The zero-order chi connectivity index (χ0) is 15.6. The number of alkyl halides is 3. The van der Waals surface area contributed by atoms with Crippen LogP contribution in [0.1, 0.15) is 35.7 Å². The van der Waals surface area contributed by atoms with Crippen molar-refractivity contribution in [2.24, 2.45) is 11.8 Å². The van der Waals surface area contributed by atoms with E-state index in [1.54, 1.807) is 4.90 Å². The molecule has 2 rings (SSSR count). The van der Waals surface area contributed by atoms with Crippen LogP contribution >= 0.6 is 0 Å². The number of nitrogens with one attached hydrogen (secondary N) is 1. The zero-order valence-corrected chi connectivity index (χ0v) is 11.7. The summed E-state index contributed by atoms with van der Waals surface area (Å²) < 4.78 is 38.9. The maximum absolute atomic E-state index is 13.0. The molecule has 0 aromatic heterocycles. The van der Waals surface area contributed by atoms with Gasteiger partial charge in [0.1, 0.15) is 0 Å². The molecule has 0 radical (unpaired) electrons. The molecule has 21 heavy (non-hydrogen) atoms. The molecule has 7 heteroatoms. The molecule has 1 amide bonds. The summed E-state index contributed by atoms with van der Waals surface area (Å²) in [4.78, 5) is 14.0. The smallest absolute Gasteiger partial charge is 0.339 e. The van der Waals surface area contributed by atoms with E-state index < -0.39 is 17.6 Å². The van der Waals surface area contributed by atoms with Crippen LogP contribution < -0.4 is 11.3 Å². The minimum absolute atomic E-state index is 0.0465. The molecular formula is C14H18F3N3O. The lowest BCUT2D eigenvalue weighted by molar-refractivity contribution is -0.137. The van der Waals surface area contributed by atoms with E-state index in [9.17, 15) is 18.0 Å². The van der Waals surface area contributed by atoms with E-state index in [0.717, 1.165) is 18.9 Å². The third-order valence-electron chi connectivity index (χ3n) is 3.59. The fraction of sp³-hybridized carbons (Fsp3) is 0.500. The van der Waals surface area contributed by atoms with Crippen LogP contribution in [0.25, 0.3) is 0 Å². The van der Waals surface area contributed by atoms with E-state index in [4.69, 9.17) is 5.84 Å². The molecule has 1 aromatic rings. The van der Waals surface area contributed by atoms with Gasteiger partial charge in [0.05, 0.1) is 16.8 Å². The molecule has 0 unspecified atom stereocenters. The molecule has 1 saturated carbocycles. The molecule has 1 aliphatic rings. The lowest BCUT2D eigenvalue weighted by Gasteiger charge is -2.23. The maximum atomic E-state index is 13.0. The molecule has 1 fully saturated rings. The van der Waals surface area contributed by atoms with Crippen molar-refractivity contribution in [3.63, 3.8) is 0 Å². The molecule has 1 aliphatic carbocycles. The number of nitrogens with two attached hydrogens (primary N) is 1. The maximum Gasteiger partial charge on any atom is 0.418 e. The molecule has 4 nitrogen and oxygen atoms in total. The second-order valence-electron chi connectivity index (χ2n) is 5.16. The molecule has 0 heterocycles. The Kier molecular flexibility index (Phi) is 4.41. The Morgan fingerprint density at radius 2 is 2.10 bits per heavy atom. The number of halogens is 3. The van der Waals surface area contributed by atoms with Crippen LogP contribution in [0.15, 0.2) is 18.2 Å². The fourth-order valence-electron chi connectivity index (χ4n) is 2.26. The van der Waals surface area contributed by atoms with Crippen LogP contribution in [0.4, 0.5) is 18.9 Å². The van der Waals surface area contributed by atoms with Gasteiger partial charge in [-0.05, 0) is 37.8 Å². The molecule has 0 spiro atoms. The van der Waals surface area contributed by atoms with E-state index in [2.05, 4.69) is 0 Å². The number of carbonyl (C=O) groups is 1. The lowest BCUT2D eigenvalue weighted by atomic mass is 10.1. The molecule has 3 N–H and O–H groups in total. The van der Waals surface area contributed by atoms with Gasteiger partial charge in [0.25, 0.3) is 5.91 Å². The van der Waals surface area contributed by atoms with Gasteiger partial charge in [-0.25, -0.2) is 0 Å². The normalized spacial score (nSPS) is 14.9. The summed E-state index contributed by atoms with van der Waals surface area (Å²) in [5, 5.41) is 0. The first kappa shape index (κ1) is 15.6. The van der Waals surface area contributed by atoms with Crippen LogP contribution in [0.5, 0.6) is 0 Å². The Bertz CT molecular complexity index is 527. The highest BCUT2D eigenvalue weighted by Gasteiger charge is 2.36. The van der Waals surface area contributed by atoms with Crippen LogP contribution in [0, 0.1) is 5.92 Å². The van der Waals surface area contributed by atoms with Gasteiger partial charge in [0.2, 0.25) is 0 Å². The van der Waals surface area contributed by atoms with Crippen molar-refractivity contribution in [3.05, 3.63) is 29.3 Å². The number of hydrogen-bond acceptors (Lipinski definition) is 3. The first-order valence-electron chi connectivity index (χ1n) is 6.84. The van der Waals surface area contributed by atoms with E-state index in [1.165, 1.54) is 12.1 Å². The predicted molar refractivity (Wildman–Crippen MR) is 73.6 cm³/mol. The van der Waals surface area contributed by atoms with Crippen molar-refractivity contribution in [1.82, 2.24) is 4.90 Å². The second kappa shape index (κ2) is 5.93. The number of rotatable bonds is 5. The number of para-hydroxylation sites is 1. The Morgan fingerprint density at radius 3 is 2.57 bits per heavy atom. The number of anilines is 1. The number of carbonyl (C=O) groups excluding carboxylic acids is 1. The largest absolute Gasteiger partial charge is 0.418 e. The van der Waals surface area contributed by atoms with E-state index in [-0.39, 0.29) is 11.3 Å². The molecule has 116 valence electrons. The average molecular weight is 301 g/mol. The molecule has 0 atom stereocenters. The Labute approximate surface area is 121 Å². The van der Waals surface area contributed by atoms with Crippen LogP contribution in [-0.4, -0.2) is 23.9 Å². The van der Waals surface area contributed by atoms with Crippen molar-refractivity contribution in [1.29, 1.82) is 0 Å². The average Bonchev–Trinajstić information content (AvgIpc) is 3.26. The van der Waals surface area contributed by atoms with Gasteiger partial charge in [0.15, 0.2) is 0 Å². The molecule has 0 bridgehead atoms. The van der Waals surface area contributed by atoms with Gasteiger partial charge in [-0.2, -0.15) is 13.2 Å². The molecule has 1 aromatic carbocycles. The highest BCUT2D eigenvalue weighted by Crippen LogP contribution is 2.37. The first-order valence-corrected chi connectivity index (χ1v) is 6.84. The van der Waals surface area contributed by atoms with Gasteiger partial charge >= 0.3 is 6.18 Å². The van der Waals surface area contributed by atoms with E-state index in [0.29, 0.717) is 19.0 Å². The van der Waals surface area contributed by atoms with E-state index in [1.807, 2.05) is 12.3 Å². The lowest BCUT2D eigenvalue weighted by Crippen LogP contribution is -2.34. The third kappa shape index (κ3) is 3.47. The fourth-order valence-corrected chi connectivity index (χ4v) is 2.26. The number of nitrogens with zero attached hydrogens (tertiary/aromatic N) is 1. The number of benzene rings is 1. The van der Waals surface area contributed by atoms with Gasteiger partial charge in [0, 0.05) is 13.1 Å². The topological polar surface area (TPSA) is 58.4 Å². The van der Waals surface area contributed by atoms with Crippen molar-refractivity contribution in [2.75, 3.05) is 18.5 Å². The predicted octanol–water partition coefficient (Wildman–Crippen LogP) is 2.86. The summed E-state index contributed by atoms with van der Waals surface area (Å²) in [7, 11) is 0. The van der Waals surface area contributed by atoms with Gasteiger partial charge in [-0.1, -0.05) is 6.07 Å².